The number of rotatable bonds is 3. The van der Waals surface area contributed by atoms with Crippen molar-refractivity contribution >= 4 is 23.8 Å². The number of aromatic hydroxyl groups is 2. The number of cyclic esters (lactones) is 1. The Labute approximate surface area is 221 Å². The summed E-state index contributed by atoms with van der Waals surface area (Å²) in [6.45, 7) is 1.75. The molecule has 0 amide bonds. The second-order valence-corrected chi connectivity index (χ2v) is 9.55. The van der Waals surface area contributed by atoms with Crippen LogP contribution in [0.3, 0.4) is 0 Å². The third kappa shape index (κ3) is 5.61. The Morgan fingerprint density at radius 3 is 2.32 bits per heavy atom. The Morgan fingerprint density at radius 1 is 0.947 bits per heavy atom. The van der Waals surface area contributed by atoms with Crippen LogP contribution in [-0.2, 0) is 14.3 Å². The van der Waals surface area contributed by atoms with Gasteiger partial charge >= 0.3 is 11.9 Å². The zero-order valence-electron chi connectivity index (χ0n) is 21.7. The highest BCUT2D eigenvalue weighted by Crippen LogP contribution is 2.49. The lowest BCUT2D eigenvalue weighted by molar-refractivity contribution is -0.135. The summed E-state index contributed by atoms with van der Waals surface area (Å²) in [6.07, 6.45) is 6.20. The molecule has 2 atom stereocenters. The van der Waals surface area contributed by atoms with Crippen LogP contribution in [0.15, 0.2) is 24.3 Å². The van der Waals surface area contributed by atoms with Gasteiger partial charge in [0.2, 0.25) is 5.75 Å². The predicted molar refractivity (Wildman–Crippen MR) is 138 cm³/mol. The number of carbonyl (C=O) groups is 3. The Kier molecular flexibility index (Phi) is 8.24. The summed E-state index contributed by atoms with van der Waals surface area (Å²) < 4.78 is 21.7. The maximum atomic E-state index is 13.3. The summed E-state index contributed by atoms with van der Waals surface area (Å²) in [5.41, 5.74) is 1.09. The first-order chi connectivity index (χ1) is 18.2. The highest BCUT2D eigenvalue weighted by Gasteiger charge is 2.36. The quantitative estimate of drug-likeness (QED) is 0.419. The van der Waals surface area contributed by atoms with Crippen molar-refractivity contribution in [2.24, 2.45) is 0 Å². The van der Waals surface area contributed by atoms with E-state index < -0.39 is 24.0 Å². The lowest BCUT2D eigenvalue weighted by Crippen LogP contribution is -2.23. The Bertz CT molecular complexity index is 1250. The van der Waals surface area contributed by atoms with Gasteiger partial charge in [0.05, 0.1) is 26.7 Å². The number of hydrogen-bond donors (Lipinski definition) is 2. The Morgan fingerprint density at radius 2 is 1.63 bits per heavy atom. The number of fused-ring (bicyclic) bond motifs is 2. The molecule has 2 N–H and O–H groups in total. The third-order valence-corrected chi connectivity index (χ3v) is 6.88. The standard InChI is InChI=1S/C29H32O9/c1-16-8-7-11-19(30)10-6-4-5-9-17-12-21-26(28(33)25(17)29(34)37-16)20(15-24(31)38-21)18-13-22(35-2)27(32)23(14-18)36-3/h5,9,12-14,16,20,32-33H,4,6-8,10-11,15H2,1-3H3/t16-,20?/m0/s1. The van der Waals surface area contributed by atoms with Crippen LogP contribution in [0.25, 0.3) is 6.08 Å². The molecule has 9 nitrogen and oxygen atoms in total. The molecule has 38 heavy (non-hydrogen) atoms. The van der Waals surface area contributed by atoms with Crippen LogP contribution in [-0.4, -0.2) is 48.3 Å². The maximum absolute atomic E-state index is 13.3. The number of ketones is 1. The van der Waals surface area contributed by atoms with Gasteiger partial charge in [0.25, 0.3) is 0 Å². The van der Waals surface area contributed by atoms with Crippen molar-refractivity contribution in [2.45, 2.75) is 63.9 Å². The monoisotopic (exact) mass is 524 g/mol. The first-order valence-electron chi connectivity index (χ1n) is 12.7. The number of phenols is 2. The van der Waals surface area contributed by atoms with Crippen LogP contribution in [0, 0.1) is 0 Å². The molecule has 2 aromatic carbocycles. The molecule has 2 heterocycles. The van der Waals surface area contributed by atoms with Crippen LogP contribution in [0.2, 0.25) is 0 Å². The lowest BCUT2D eigenvalue weighted by Gasteiger charge is -2.28. The van der Waals surface area contributed by atoms with E-state index in [1.807, 2.05) is 6.08 Å². The van der Waals surface area contributed by atoms with E-state index in [-0.39, 0.29) is 52.1 Å². The zero-order chi connectivity index (χ0) is 27.4. The average Bonchev–Trinajstić information content (AvgIpc) is 2.87. The van der Waals surface area contributed by atoms with Gasteiger partial charge in [-0.15, -0.1) is 0 Å². The van der Waals surface area contributed by atoms with Gasteiger partial charge < -0.3 is 29.2 Å². The highest BCUT2D eigenvalue weighted by molar-refractivity contribution is 5.98. The minimum absolute atomic E-state index is 0.0272. The number of hydrogen-bond acceptors (Lipinski definition) is 9. The maximum Gasteiger partial charge on any atom is 0.342 e. The van der Waals surface area contributed by atoms with Crippen molar-refractivity contribution in [3.8, 4) is 28.7 Å². The minimum Gasteiger partial charge on any atom is -0.507 e. The zero-order valence-corrected chi connectivity index (χ0v) is 21.7. The second-order valence-electron chi connectivity index (χ2n) is 9.55. The summed E-state index contributed by atoms with van der Waals surface area (Å²) in [6, 6.07) is 4.65. The largest absolute Gasteiger partial charge is 0.507 e. The van der Waals surface area contributed by atoms with Crippen LogP contribution >= 0.6 is 0 Å². The number of methoxy groups -OCH3 is 2. The van der Waals surface area contributed by atoms with Crippen molar-refractivity contribution in [3.05, 3.63) is 46.5 Å². The van der Waals surface area contributed by atoms with Crippen molar-refractivity contribution < 1.29 is 43.5 Å². The fourth-order valence-electron chi connectivity index (χ4n) is 4.92. The summed E-state index contributed by atoms with van der Waals surface area (Å²) in [5, 5.41) is 21.9. The Hall–Kier alpha value is -4.01. The van der Waals surface area contributed by atoms with E-state index in [4.69, 9.17) is 18.9 Å². The summed E-state index contributed by atoms with van der Waals surface area (Å²) in [5.74, 6) is -1.92. The van der Waals surface area contributed by atoms with Crippen molar-refractivity contribution in [1.82, 2.24) is 0 Å². The van der Waals surface area contributed by atoms with Crippen LogP contribution in [0.5, 0.6) is 28.7 Å². The van der Waals surface area contributed by atoms with E-state index in [9.17, 15) is 24.6 Å². The van der Waals surface area contributed by atoms with Crippen LogP contribution < -0.4 is 14.2 Å². The number of benzene rings is 2. The van der Waals surface area contributed by atoms with Crippen molar-refractivity contribution in [2.75, 3.05) is 14.2 Å². The van der Waals surface area contributed by atoms with Gasteiger partial charge in [-0.2, -0.15) is 0 Å². The molecule has 202 valence electrons. The smallest absolute Gasteiger partial charge is 0.342 e. The fourth-order valence-corrected chi connectivity index (χ4v) is 4.92. The molecule has 1 unspecified atom stereocenters. The number of carbonyl (C=O) groups excluding carboxylic acids is 3. The molecular formula is C29H32O9. The predicted octanol–water partition coefficient (Wildman–Crippen LogP) is 5.04. The summed E-state index contributed by atoms with van der Waals surface area (Å²) in [7, 11) is 2.78. The van der Waals surface area contributed by atoms with E-state index in [0.717, 1.165) is 0 Å². The normalized spacial score (nSPS) is 20.4. The average molecular weight is 525 g/mol. The van der Waals surface area contributed by atoms with E-state index >= 15 is 0 Å². The number of Topliss-reactive ketones (excluding diaryl/α,β-unsaturated/α-hetero) is 1. The number of ether oxygens (including phenoxy) is 4. The molecular weight excluding hydrogens is 492 g/mol. The van der Waals surface area contributed by atoms with E-state index in [0.29, 0.717) is 49.7 Å². The minimum atomic E-state index is -0.715. The molecule has 0 fully saturated rings. The first-order valence-corrected chi connectivity index (χ1v) is 12.7. The molecule has 0 aromatic heterocycles. The lowest BCUT2D eigenvalue weighted by atomic mass is 9.83. The van der Waals surface area contributed by atoms with Gasteiger partial charge in [-0.1, -0.05) is 12.2 Å². The molecule has 0 aliphatic carbocycles. The molecule has 2 aliphatic heterocycles. The van der Waals surface area contributed by atoms with Gasteiger partial charge in [0.1, 0.15) is 22.8 Å². The van der Waals surface area contributed by atoms with Crippen LogP contribution in [0.4, 0.5) is 0 Å². The van der Waals surface area contributed by atoms with Gasteiger partial charge in [0.15, 0.2) is 11.5 Å². The molecule has 2 aromatic rings. The Balaban J connectivity index is 1.85. The summed E-state index contributed by atoms with van der Waals surface area (Å²) in [4.78, 5) is 38.0. The number of esters is 2. The van der Waals surface area contributed by atoms with E-state index in [1.54, 1.807) is 31.2 Å². The van der Waals surface area contributed by atoms with Gasteiger partial charge in [0, 0.05) is 24.3 Å². The van der Waals surface area contributed by atoms with Gasteiger partial charge in [-0.05, 0) is 61.9 Å². The molecule has 0 radical (unpaired) electrons. The van der Waals surface area contributed by atoms with Gasteiger partial charge in [-0.25, -0.2) is 4.79 Å². The SMILES string of the molecule is COc1cc(C2CC(=O)Oc3cc4c(c(O)c32)C(=O)O[C@@H](C)CCCC(=O)CCCC=C4)cc(OC)c1O. The highest BCUT2D eigenvalue weighted by atomic mass is 16.5. The van der Waals surface area contributed by atoms with Gasteiger partial charge in [-0.3, -0.25) is 9.59 Å². The molecule has 2 aliphatic rings. The molecule has 0 bridgehead atoms. The second kappa shape index (κ2) is 11.6. The molecule has 0 saturated carbocycles. The molecule has 0 saturated heterocycles. The first kappa shape index (κ1) is 27.0. The number of phenolic OH excluding ortho intramolecular Hbond substituents is 2. The van der Waals surface area contributed by atoms with E-state index in [1.165, 1.54) is 14.2 Å². The van der Waals surface area contributed by atoms with E-state index in [2.05, 4.69) is 0 Å². The van der Waals surface area contributed by atoms with Crippen LogP contribution in [0.1, 0.15) is 84.8 Å². The van der Waals surface area contributed by atoms with Crippen molar-refractivity contribution in [1.29, 1.82) is 0 Å². The topological polar surface area (TPSA) is 129 Å². The third-order valence-electron chi connectivity index (χ3n) is 6.88. The molecule has 9 heteroatoms. The molecule has 4 rings (SSSR count). The molecule has 0 spiro atoms. The number of allylic oxidation sites excluding steroid dienone is 1. The van der Waals surface area contributed by atoms with Crippen molar-refractivity contribution in [3.63, 3.8) is 0 Å². The fraction of sp³-hybridized carbons (Fsp3) is 0.414. The summed E-state index contributed by atoms with van der Waals surface area (Å²) >= 11 is 0.